The predicted octanol–water partition coefficient (Wildman–Crippen LogP) is -0.833. The number of hydrogen-bond donors (Lipinski definition) is 2. The monoisotopic (exact) mass is 245 g/mol. The van der Waals surface area contributed by atoms with Crippen LogP contribution in [-0.4, -0.2) is 33.1 Å². The third-order valence-electron chi connectivity index (χ3n) is 1.71. The van der Waals surface area contributed by atoms with Crippen LogP contribution in [0.25, 0.3) is 0 Å². The molecule has 0 saturated carbocycles. The fourth-order valence-electron chi connectivity index (χ4n) is 0.973. The molecule has 0 aliphatic heterocycles. The van der Waals surface area contributed by atoms with E-state index in [0.29, 0.717) is 6.42 Å². The van der Waals surface area contributed by atoms with Crippen LogP contribution in [0.1, 0.15) is 5.56 Å². The molecule has 1 rings (SSSR count). The Labute approximate surface area is 84.8 Å². The molecule has 1 unspecified atom stereocenters. The maximum absolute atomic E-state index is 10.4. The third-order valence-corrected chi connectivity index (χ3v) is 2.33. The first-order valence-electron chi connectivity index (χ1n) is 3.86. The van der Waals surface area contributed by atoms with Crippen molar-refractivity contribution in [3.63, 3.8) is 0 Å². The Morgan fingerprint density at radius 3 is 2.46 bits per heavy atom. The van der Waals surface area contributed by atoms with Gasteiger partial charge in [-0.3, -0.25) is 0 Å². The summed E-state index contributed by atoms with van der Waals surface area (Å²) < 4.78 is 1.10. The van der Waals surface area contributed by atoms with E-state index in [1.165, 1.54) is 0 Å². The molecule has 0 amide bonds. The summed E-state index contributed by atoms with van der Waals surface area (Å²) in [6, 6.07) is 6.80. The van der Waals surface area contributed by atoms with Gasteiger partial charge in [0.2, 0.25) is 0 Å². The van der Waals surface area contributed by atoms with Crippen LogP contribution in [0.2, 0.25) is 0 Å². The minimum absolute atomic E-state index is 0.378. The number of benzene rings is 1. The number of carbonyl (C=O) groups is 1. The first kappa shape index (κ1) is 10.3. The van der Waals surface area contributed by atoms with Crippen LogP contribution >= 0.6 is 0 Å². The zero-order valence-electron chi connectivity index (χ0n) is 6.97. The Morgan fingerprint density at radius 1 is 1.46 bits per heavy atom. The molecule has 1 atom stereocenters. The van der Waals surface area contributed by atoms with Gasteiger partial charge in [-0.15, -0.1) is 0 Å². The maximum atomic E-state index is 10.4. The zero-order chi connectivity index (χ0) is 9.84. The molecule has 0 fully saturated rings. The molecule has 0 bridgehead atoms. The van der Waals surface area contributed by atoms with Gasteiger partial charge in [-0.1, -0.05) is 0 Å². The molecule has 0 radical (unpaired) electrons. The van der Waals surface area contributed by atoms with Crippen molar-refractivity contribution in [1.29, 1.82) is 0 Å². The molecule has 4 heteroatoms. The van der Waals surface area contributed by atoms with Crippen LogP contribution in [0.4, 0.5) is 0 Å². The summed E-state index contributed by atoms with van der Waals surface area (Å²) in [6.07, 6.45) is 0.378. The van der Waals surface area contributed by atoms with Gasteiger partial charge in [0.05, 0.1) is 0 Å². The van der Waals surface area contributed by atoms with Gasteiger partial charge in [-0.25, -0.2) is 0 Å². The van der Waals surface area contributed by atoms with E-state index in [1.54, 1.807) is 0 Å². The number of rotatable bonds is 3. The van der Waals surface area contributed by atoms with Gasteiger partial charge in [-0.05, 0) is 0 Å². The van der Waals surface area contributed by atoms with Crippen LogP contribution in [0.3, 0.4) is 0 Å². The van der Waals surface area contributed by atoms with Crippen LogP contribution in [0.15, 0.2) is 24.3 Å². The molecule has 3 N–H and O–H groups in total. The first-order valence-corrected chi connectivity index (χ1v) is 4.79. The summed E-state index contributed by atoms with van der Waals surface area (Å²) in [5.74, 6) is -0.962. The second-order valence-corrected chi connectivity index (χ2v) is 3.90. The van der Waals surface area contributed by atoms with Crippen molar-refractivity contribution >= 4 is 26.4 Å². The van der Waals surface area contributed by atoms with Crippen molar-refractivity contribution in [1.82, 2.24) is 0 Å². The molecule has 0 heterocycles. The molecule has 0 aliphatic carbocycles. The molecule has 13 heavy (non-hydrogen) atoms. The number of carboxylic acids is 1. The average molecular weight is 244 g/mol. The molecule has 0 spiro atoms. The summed E-state index contributed by atoms with van der Waals surface area (Å²) in [4.78, 5) is 10.4. The van der Waals surface area contributed by atoms with Gasteiger partial charge in [0.25, 0.3) is 0 Å². The van der Waals surface area contributed by atoms with Gasteiger partial charge in [0.15, 0.2) is 0 Å². The molecule has 0 saturated heterocycles. The van der Waals surface area contributed by atoms with Gasteiger partial charge in [0.1, 0.15) is 0 Å². The quantitative estimate of drug-likeness (QED) is 0.682. The van der Waals surface area contributed by atoms with E-state index in [2.05, 4.69) is 16.0 Å². The van der Waals surface area contributed by atoms with E-state index in [-0.39, 0.29) is 0 Å². The zero-order valence-corrected chi connectivity index (χ0v) is 8.85. The summed E-state index contributed by atoms with van der Waals surface area (Å²) in [6.45, 7) is 0. The topological polar surface area (TPSA) is 63.3 Å². The van der Waals surface area contributed by atoms with Gasteiger partial charge in [0, 0.05) is 0 Å². The van der Waals surface area contributed by atoms with Crippen LogP contribution in [-0.2, 0) is 11.2 Å². The van der Waals surface area contributed by atoms with Crippen molar-refractivity contribution in [2.45, 2.75) is 12.5 Å². The Balaban J connectivity index is 2.64. The normalized spacial score (nSPS) is 12.5. The van der Waals surface area contributed by atoms with Crippen molar-refractivity contribution in [3.05, 3.63) is 29.8 Å². The SMILES string of the molecule is NC(Cc1ccc([SeH])cc1)C(=O)O. The van der Waals surface area contributed by atoms with Gasteiger partial charge in [-0.2, -0.15) is 0 Å². The summed E-state index contributed by atoms with van der Waals surface area (Å²) >= 11 is 2.42. The summed E-state index contributed by atoms with van der Waals surface area (Å²) in [5.41, 5.74) is 6.33. The van der Waals surface area contributed by atoms with E-state index < -0.39 is 12.0 Å². The second-order valence-electron chi connectivity index (χ2n) is 2.82. The van der Waals surface area contributed by atoms with E-state index in [9.17, 15) is 4.79 Å². The molecule has 1 aromatic rings. The van der Waals surface area contributed by atoms with Crippen LogP contribution < -0.4 is 10.2 Å². The van der Waals surface area contributed by atoms with Crippen LogP contribution in [0.5, 0.6) is 0 Å². The van der Waals surface area contributed by atoms with Gasteiger partial charge < -0.3 is 0 Å². The molecule has 0 aromatic heterocycles. The number of hydrogen-bond acceptors (Lipinski definition) is 2. The van der Waals surface area contributed by atoms with Crippen molar-refractivity contribution in [2.24, 2.45) is 5.73 Å². The Morgan fingerprint density at radius 2 is 2.00 bits per heavy atom. The van der Waals surface area contributed by atoms with E-state index in [0.717, 1.165) is 10.0 Å². The average Bonchev–Trinajstić information content (AvgIpc) is 2.08. The number of nitrogens with two attached hydrogens (primary N) is 1. The number of carboxylic acid groups (broad SMARTS) is 1. The van der Waals surface area contributed by atoms with E-state index in [1.807, 2.05) is 24.3 Å². The standard InChI is InChI=1S/C9H11NO2Se/c10-8(9(11)12)5-6-1-3-7(13)4-2-6/h1-4,8,13H,5,10H2,(H,11,12). The van der Waals surface area contributed by atoms with Gasteiger partial charge >= 0.3 is 84.4 Å². The third kappa shape index (κ3) is 3.19. The Kier molecular flexibility index (Phi) is 3.48. The molecular formula is C9H11NO2Se. The first-order chi connectivity index (χ1) is 6.09. The van der Waals surface area contributed by atoms with Crippen molar-refractivity contribution < 1.29 is 9.90 Å². The Hall–Kier alpha value is -0.831. The summed E-state index contributed by atoms with van der Waals surface area (Å²) in [7, 11) is 0. The predicted molar refractivity (Wildman–Crippen MR) is 52.5 cm³/mol. The molecule has 70 valence electrons. The van der Waals surface area contributed by atoms with E-state index in [4.69, 9.17) is 10.8 Å². The van der Waals surface area contributed by atoms with Crippen molar-refractivity contribution in [2.75, 3.05) is 0 Å². The molecule has 1 aromatic carbocycles. The Bertz CT molecular complexity index is 297. The van der Waals surface area contributed by atoms with Crippen molar-refractivity contribution in [3.8, 4) is 0 Å². The fourth-order valence-corrected chi connectivity index (χ4v) is 1.29. The van der Waals surface area contributed by atoms with Crippen LogP contribution in [0, 0.1) is 0 Å². The second kappa shape index (κ2) is 4.42. The molecular weight excluding hydrogens is 233 g/mol. The minimum atomic E-state index is -0.962. The number of aliphatic carboxylic acids is 1. The molecule has 3 nitrogen and oxygen atoms in total. The fraction of sp³-hybridized carbons (Fsp3) is 0.222. The summed E-state index contributed by atoms with van der Waals surface area (Å²) in [5, 5.41) is 8.57. The van der Waals surface area contributed by atoms with E-state index >= 15 is 0 Å². The molecule has 0 aliphatic rings.